The van der Waals surface area contributed by atoms with E-state index < -0.39 is 23.2 Å². The van der Waals surface area contributed by atoms with E-state index in [1.165, 1.54) is 13.2 Å². The van der Waals surface area contributed by atoms with Gasteiger partial charge in [-0.05, 0) is 45.0 Å². The molecule has 11 nitrogen and oxygen atoms in total. The van der Waals surface area contributed by atoms with Gasteiger partial charge in [-0.25, -0.2) is 9.97 Å². The first-order chi connectivity index (χ1) is 21.2. The maximum atomic E-state index is 13.5. The van der Waals surface area contributed by atoms with E-state index in [0.717, 1.165) is 11.8 Å². The van der Waals surface area contributed by atoms with Gasteiger partial charge < -0.3 is 33.9 Å². The molecule has 2 saturated heterocycles. The Labute approximate surface area is 258 Å². The highest BCUT2D eigenvalue weighted by molar-refractivity contribution is 6.33. The fourth-order valence-corrected chi connectivity index (χ4v) is 6.42. The van der Waals surface area contributed by atoms with Crippen LogP contribution in [0.5, 0.6) is 17.5 Å². The Bertz CT molecular complexity index is 1740. The number of carbonyl (C=O) groups excluding carboxylic acids is 1. The van der Waals surface area contributed by atoms with Gasteiger partial charge in [-0.15, -0.1) is 0 Å². The number of esters is 1. The molecule has 2 aliphatic heterocycles. The lowest BCUT2D eigenvalue weighted by Crippen LogP contribution is -2.45. The molecule has 0 amide bonds. The second-order valence-electron chi connectivity index (χ2n) is 11.3. The number of fused-ring (bicyclic) bond motifs is 1. The number of aromatic nitrogens is 2. The van der Waals surface area contributed by atoms with Crippen molar-refractivity contribution in [2.45, 2.75) is 31.3 Å². The van der Waals surface area contributed by atoms with Gasteiger partial charge in [-0.3, -0.25) is 9.59 Å². The van der Waals surface area contributed by atoms with Gasteiger partial charge in [-0.1, -0.05) is 23.7 Å². The van der Waals surface area contributed by atoms with E-state index in [9.17, 15) is 19.8 Å². The number of likely N-dealkylation sites (tertiary alicyclic amines) is 1. The van der Waals surface area contributed by atoms with Gasteiger partial charge in [0.2, 0.25) is 0 Å². The molecule has 0 bridgehead atoms. The Morgan fingerprint density at radius 2 is 1.77 bits per heavy atom. The van der Waals surface area contributed by atoms with Crippen LogP contribution in [-0.4, -0.2) is 77.5 Å². The molecule has 0 radical (unpaired) electrons. The number of anilines is 1. The number of nitrogens with zero attached hydrogens (tertiary/aromatic N) is 4. The minimum absolute atomic E-state index is 0.0486. The van der Waals surface area contributed by atoms with Crippen molar-refractivity contribution in [2.75, 3.05) is 45.2 Å². The smallest absolute Gasteiger partial charge is 0.316 e. The Balaban J connectivity index is 1.28. The van der Waals surface area contributed by atoms with Crippen LogP contribution in [0.15, 0.2) is 58.0 Å². The monoisotopic (exact) mass is 620 g/mol. The second kappa shape index (κ2) is 12.3. The summed E-state index contributed by atoms with van der Waals surface area (Å²) in [6, 6.07) is 9.67. The molecule has 4 aromatic rings. The van der Waals surface area contributed by atoms with Crippen LogP contribution in [0.4, 0.5) is 5.69 Å². The molecular formula is C32H33ClN4O7. The van der Waals surface area contributed by atoms with Crippen LogP contribution < -0.4 is 15.1 Å². The summed E-state index contributed by atoms with van der Waals surface area (Å²) in [6.07, 6.45) is 4.51. The Hall–Kier alpha value is -4.35. The van der Waals surface area contributed by atoms with Crippen LogP contribution in [0.3, 0.4) is 0 Å². The van der Waals surface area contributed by atoms with Gasteiger partial charge in [0.15, 0.2) is 5.43 Å². The second-order valence-corrected chi connectivity index (χ2v) is 11.7. The zero-order valence-corrected chi connectivity index (χ0v) is 25.2. The van der Waals surface area contributed by atoms with Crippen molar-refractivity contribution in [1.29, 1.82) is 0 Å². The summed E-state index contributed by atoms with van der Waals surface area (Å²) in [4.78, 5) is 39.3. The average molecular weight is 621 g/mol. The SMILES string of the molecule is COc1ncc(N2CCC(C(=O)O[C@@H]3CN(C)CC[C@@H]3c3c(O)cc(O)c4c(=O)cc(-c5ccccc5Cl)oc34)CC2)cn1. The van der Waals surface area contributed by atoms with E-state index in [-0.39, 0.29) is 34.4 Å². The molecule has 44 heavy (non-hydrogen) atoms. The maximum Gasteiger partial charge on any atom is 0.316 e. The van der Waals surface area contributed by atoms with Crippen molar-refractivity contribution in [3.05, 3.63) is 69.6 Å². The van der Waals surface area contributed by atoms with E-state index in [0.29, 0.717) is 67.6 Å². The summed E-state index contributed by atoms with van der Waals surface area (Å²) in [5, 5.41) is 22.2. The van der Waals surface area contributed by atoms with Crippen LogP contribution in [0, 0.1) is 5.92 Å². The molecule has 0 spiro atoms. The summed E-state index contributed by atoms with van der Waals surface area (Å²) < 4.78 is 17.5. The summed E-state index contributed by atoms with van der Waals surface area (Å²) in [5.74, 6) is -1.51. The van der Waals surface area contributed by atoms with Crippen molar-refractivity contribution < 1.29 is 28.9 Å². The number of ether oxygens (including phenoxy) is 2. The number of aromatic hydroxyl groups is 2. The lowest BCUT2D eigenvalue weighted by Gasteiger charge is -2.38. The molecule has 2 aliphatic rings. The van der Waals surface area contributed by atoms with E-state index in [4.69, 9.17) is 25.5 Å². The topological polar surface area (TPSA) is 138 Å². The van der Waals surface area contributed by atoms with Gasteiger partial charge in [0.05, 0.1) is 36.1 Å². The number of hydrogen-bond donors (Lipinski definition) is 2. The predicted octanol–water partition coefficient (Wildman–Crippen LogP) is 4.57. The normalized spacial score (nSPS) is 19.7. The summed E-state index contributed by atoms with van der Waals surface area (Å²) in [7, 11) is 3.46. The van der Waals surface area contributed by atoms with Crippen LogP contribution in [-0.2, 0) is 9.53 Å². The number of likely N-dealkylation sites (N-methyl/N-ethyl adjacent to an activating group) is 1. The standard InChI is InChI=1S/C32H33ClN4O7/c1-36-10-9-21(27(17-36)44-31(41)18-7-11-37(12-8-18)19-15-34-32(42-2)35-16-19)28-23(38)13-24(39)29-25(40)14-26(43-30(28)29)20-5-3-4-6-22(20)33/h3-6,13-16,18,21,27,38-39H,7-12,17H2,1-2H3/t21-,27+/m0/s1. The van der Waals surface area contributed by atoms with Crippen molar-refractivity contribution in [1.82, 2.24) is 14.9 Å². The van der Waals surface area contributed by atoms with Crippen molar-refractivity contribution in [2.24, 2.45) is 5.92 Å². The third-order valence-electron chi connectivity index (χ3n) is 8.53. The predicted molar refractivity (Wildman–Crippen MR) is 165 cm³/mol. The highest BCUT2D eigenvalue weighted by Crippen LogP contribution is 2.44. The van der Waals surface area contributed by atoms with Gasteiger partial charge >= 0.3 is 12.0 Å². The Morgan fingerprint density at radius 1 is 1.05 bits per heavy atom. The molecule has 0 aliphatic carbocycles. The van der Waals surface area contributed by atoms with Crippen LogP contribution in [0.25, 0.3) is 22.3 Å². The van der Waals surface area contributed by atoms with Gasteiger partial charge in [-0.2, -0.15) is 0 Å². The average Bonchev–Trinajstić information content (AvgIpc) is 3.02. The van der Waals surface area contributed by atoms with E-state index in [2.05, 4.69) is 19.8 Å². The fraction of sp³-hybridized carbons (Fsp3) is 0.375. The van der Waals surface area contributed by atoms with E-state index in [1.807, 2.05) is 7.05 Å². The molecule has 2 N–H and O–H groups in total. The van der Waals surface area contributed by atoms with Gasteiger partial charge in [0.25, 0.3) is 0 Å². The number of phenols is 2. The van der Waals surface area contributed by atoms with Gasteiger partial charge in [0, 0.05) is 48.8 Å². The van der Waals surface area contributed by atoms with E-state index in [1.54, 1.807) is 36.7 Å². The van der Waals surface area contributed by atoms with Gasteiger partial charge in [0.1, 0.15) is 34.3 Å². The summed E-state index contributed by atoms with van der Waals surface area (Å²) in [5.41, 5.74) is 1.26. The molecule has 0 saturated carbocycles. The van der Waals surface area contributed by atoms with E-state index >= 15 is 0 Å². The number of benzene rings is 2. The third kappa shape index (κ3) is 5.77. The fourth-order valence-electron chi connectivity index (χ4n) is 6.19. The first kappa shape index (κ1) is 29.7. The number of piperidine rings is 2. The largest absolute Gasteiger partial charge is 0.507 e. The number of carbonyl (C=O) groups is 1. The first-order valence-electron chi connectivity index (χ1n) is 14.5. The number of phenolic OH excluding ortho intramolecular Hbond substituents is 2. The van der Waals surface area contributed by atoms with Crippen LogP contribution in [0.1, 0.15) is 30.7 Å². The minimum atomic E-state index is -0.623. The lowest BCUT2D eigenvalue weighted by atomic mass is 9.85. The molecule has 12 heteroatoms. The number of hydrogen-bond acceptors (Lipinski definition) is 11. The highest BCUT2D eigenvalue weighted by Gasteiger charge is 2.38. The van der Waals surface area contributed by atoms with Crippen molar-refractivity contribution in [3.63, 3.8) is 0 Å². The molecule has 2 atom stereocenters. The Kier molecular flexibility index (Phi) is 8.33. The lowest BCUT2D eigenvalue weighted by molar-refractivity contribution is -0.158. The minimum Gasteiger partial charge on any atom is -0.507 e. The zero-order chi connectivity index (χ0) is 31.0. The third-order valence-corrected chi connectivity index (χ3v) is 8.86. The molecule has 0 unspecified atom stereocenters. The zero-order valence-electron chi connectivity index (χ0n) is 24.4. The van der Waals surface area contributed by atoms with Crippen LogP contribution >= 0.6 is 11.6 Å². The summed E-state index contributed by atoms with van der Waals surface area (Å²) >= 11 is 6.40. The number of halogens is 1. The molecule has 4 heterocycles. The molecule has 2 aromatic heterocycles. The first-order valence-corrected chi connectivity index (χ1v) is 14.9. The van der Waals surface area contributed by atoms with Crippen LogP contribution in [0.2, 0.25) is 5.02 Å². The molecule has 230 valence electrons. The maximum absolute atomic E-state index is 13.5. The highest BCUT2D eigenvalue weighted by atomic mass is 35.5. The van der Waals surface area contributed by atoms with Crippen molar-refractivity contribution in [3.8, 4) is 28.8 Å². The molecule has 6 rings (SSSR count). The number of rotatable bonds is 6. The number of methoxy groups -OCH3 is 1. The quantitative estimate of drug-likeness (QED) is 0.293. The molecular weight excluding hydrogens is 588 g/mol. The molecule has 2 aromatic carbocycles. The van der Waals surface area contributed by atoms with Crippen molar-refractivity contribution >= 4 is 34.2 Å². The summed E-state index contributed by atoms with van der Waals surface area (Å²) in [6.45, 7) is 2.37. The molecule has 2 fully saturated rings. The Morgan fingerprint density at radius 3 is 2.48 bits per heavy atom.